The molecular formula is C17H17NO9. The summed E-state index contributed by atoms with van der Waals surface area (Å²) in [4.78, 5) is 46.3. The van der Waals surface area contributed by atoms with Crippen LogP contribution in [0.1, 0.15) is 25.5 Å². The van der Waals surface area contributed by atoms with Gasteiger partial charge in [-0.1, -0.05) is 0 Å². The maximum absolute atomic E-state index is 12.5. The molecular weight excluding hydrogens is 362 g/mol. The van der Waals surface area contributed by atoms with Crippen LogP contribution in [0.5, 0.6) is 0 Å². The third kappa shape index (κ3) is 4.54. The van der Waals surface area contributed by atoms with Crippen molar-refractivity contribution in [2.75, 3.05) is 13.2 Å². The number of dihydropyridines is 1. The molecule has 0 saturated heterocycles. The Morgan fingerprint density at radius 3 is 1.85 bits per heavy atom. The average Bonchev–Trinajstić information content (AvgIpc) is 3.11. The van der Waals surface area contributed by atoms with E-state index in [0.717, 1.165) is 0 Å². The highest BCUT2D eigenvalue weighted by molar-refractivity contribution is 6.00. The fraction of sp³-hybridized carbons (Fsp3) is 0.294. The number of carbonyl (C=O) groups is 4. The molecule has 0 atom stereocenters. The van der Waals surface area contributed by atoms with Crippen molar-refractivity contribution in [3.8, 4) is 0 Å². The average molecular weight is 379 g/mol. The lowest BCUT2D eigenvalue weighted by Gasteiger charge is -2.28. The Morgan fingerprint density at radius 2 is 1.48 bits per heavy atom. The van der Waals surface area contributed by atoms with Crippen LogP contribution in [-0.2, 0) is 28.7 Å². The standard InChI is InChI=1S/C17H17NO9/c1-8-13(16(23)26-6-11(19)20)15(10-4-3-5-25-10)14(9(2)18-8)17(24)27-7-12(21)22/h3-5,15,18H,6-7H2,1-2H3,(H,19,20)(H,21,22). The molecule has 0 amide bonds. The highest BCUT2D eigenvalue weighted by Crippen LogP contribution is 2.39. The predicted octanol–water partition coefficient (Wildman–Crippen LogP) is 0.770. The quantitative estimate of drug-likeness (QED) is 0.579. The molecule has 2 heterocycles. The minimum Gasteiger partial charge on any atom is -0.479 e. The first-order valence-corrected chi connectivity index (χ1v) is 7.72. The van der Waals surface area contributed by atoms with Crippen LogP contribution < -0.4 is 5.32 Å². The van der Waals surface area contributed by atoms with E-state index in [0.29, 0.717) is 11.4 Å². The van der Waals surface area contributed by atoms with E-state index in [1.54, 1.807) is 19.9 Å². The van der Waals surface area contributed by atoms with Crippen molar-refractivity contribution < 1.29 is 43.3 Å². The summed E-state index contributed by atoms with van der Waals surface area (Å²) in [5.41, 5.74) is 0.580. The Labute approximate surface area is 153 Å². The number of aliphatic carboxylic acids is 2. The highest BCUT2D eigenvalue weighted by atomic mass is 16.6. The molecule has 0 radical (unpaired) electrons. The number of allylic oxidation sites excluding steroid dienone is 2. The fourth-order valence-corrected chi connectivity index (χ4v) is 2.69. The number of carbonyl (C=O) groups excluding carboxylic acids is 2. The number of hydrogen-bond donors (Lipinski definition) is 3. The number of ether oxygens (including phenoxy) is 2. The number of carboxylic acids is 2. The first kappa shape index (κ1) is 19.8. The molecule has 1 aliphatic heterocycles. The SMILES string of the molecule is CC1=C(C(=O)OCC(=O)O)C(c2ccco2)C(C(=O)OCC(=O)O)=C(C)N1. The molecule has 1 aromatic rings. The molecule has 1 aliphatic rings. The molecule has 144 valence electrons. The van der Waals surface area contributed by atoms with Crippen molar-refractivity contribution >= 4 is 23.9 Å². The van der Waals surface area contributed by atoms with Crippen molar-refractivity contribution in [2.24, 2.45) is 0 Å². The number of esters is 2. The summed E-state index contributed by atoms with van der Waals surface area (Å²) in [7, 11) is 0. The van der Waals surface area contributed by atoms with Crippen molar-refractivity contribution in [1.29, 1.82) is 0 Å². The lowest BCUT2D eigenvalue weighted by Crippen LogP contribution is -2.33. The van der Waals surface area contributed by atoms with Gasteiger partial charge in [-0.15, -0.1) is 0 Å². The third-order valence-electron chi connectivity index (χ3n) is 3.68. The zero-order valence-electron chi connectivity index (χ0n) is 14.5. The van der Waals surface area contributed by atoms with Gasteiger partial charge in [0.05, 0.1) is 23.3 Å². The van der Waals surface area contributed by atoms with E-state index in [1.165, 1.54) is 12.3 Å². The zero-order chi connectivity index (χ0) is 20.1. The number of nitrogens with one attached hydrogen (secondary N) is 1. The van der Waals surface area contributed by atoms with Crippen LogP contribution in [0.3, 0.4) is 0 Å². The predicted molar refractivity (Wildman–Crippen MR) is 87.2 cm³/mol. The van der Waals surface area contributed by atoms with Gasteiger partial charge in [0.25, 0.3) is 0 Å². The van der Waals surface area contributed by atoms with Crippen LogP contribution >= 0.6 is 0 Å². The van der Waals surface area contributed by atoms with E-state index in [4.69, 9.17) is 24.1 Å². The van der Waals surface area contributed by atoms with Crippen LogP contribution in [0, 0.1) is 0 Å². The normalized spacial score (nSPS) is 14.6. The molecule has 0 bridgehead atoms. The van der Waals surface area contributed by atoms with Gasteiger partial charge < -0.3 is 29.4 Å². The van der Waals surface area contributed by atoms with Crippen molar-refractivity contribution in [2.45, 2.75) is 19.8 Å². The van der Waals surface area contributed by atoms with Crippen molar-refractivity contribution in [1.82, 2.24) is 5.32 Å². The van der Waals surface area contributed by atoms with E-state index in [-0.39, 0.29) is 16.9 Å². The van der Waals surface area contributed by atoms with Gasteiger partial charge in [0.2, 0.25) is 0 Å². The van der Waals surface area contributed by atoms with Gasteiger partial charge in [-0.3, -0.25) is 0 Å². The van der Waals surface area contributed by atoms with Gasteiger partial charge in [0.15, 0.2) is 13.2 Å². The summed E-state index contributed by atoms with van der Waals surface area (Å²) in [5, 5.41) is 20.3. The van der Waals surface area contributed by atoms with Crippen LogP contribution in [-0.4, -0.2) is 47.3 Å². The Kier molecular flexibility index (Phi) is 6.01. The van der Waals surface area contributed by atoms with Crippen LogP contribution in [0.15, 0.2) is 45.4 Å². The lowest BCUT2D eigenvalue weighted by molar-refractivity contribution is -0.153. The summed E-state index contributed by atoms with van der Waals surface area (Å²) >= 11 is 0. The highest BCUT2D eigenvalue weighted by Gasteiger charge is 2.39. The van der Waals surface area contributed by atoms with Gasteiger partial charge >= 0.3 is 23.9 Å². The molecule has 10 nitrogen and oxygen atoms in total. The molecule has 0 spiro atoms. The smallest absolute Gasteiger partial charge is 0.341 e. The molecule has 0 unspecified atom stereocenters. The molecule has 0 aromatic carbocycles. The van der Waals surface area contributed by atoms with Crippen LogP contribution in [0.25, 0.3) is 0 Å². The largest absolute Gasteiger partial charge is 0.479 e. The Balaban J connectivity index is 2.45. The second kappa shape index (κ2) is 8.21. The molecule has 0 saturated carbocycles. The first-order valence-electron chi connectivity index (χ1n) is 7.72. The number of rotatable bonds is 7. The van der Waals surface area contributed by atoms with Crippen molar-refractivity contribution in [3.05, 3.63) is 46.7 Å². The number of hydrogen-bond acceptors (Lipinski definition) is 8. The minimum atomic E-state index is -1.34. The van der Waals surface area contributed by atoms with E-state index in [1.807, 2.05) is 0 Å². The van der Waals surface area contributed by atoms with Gasteiger partial charge in [0.1, 0.15) is 5.76 Å². The van der Waals surface area contributed by atoms with E-state index in [9.17, 15) is 19.2 Å². The second-order valence-corrected chi connectivity index (χ2v) is 5.59. The Hall–Kier alpha value is -3.56. The third-order valence-corrected chi connectivity index (χ3v) is 3.68. The maximum Gasteiger partial charge on any atom is 0.341 e. The van der Waals surface area contributed by atoms with Crippen LogP contribution in [0.4, 0.5) is 0 Å². The second-order valence-electron chi connectivity index (χ2n) is 5.59. The number of carboxylic acid groups (broad SMARTS) is 2. The Morgan fingerprint density at radius 1 is 1.00 bits per heavy atom. The van der Waals surface area contributed by atoms with Gasteiger partial charge in [-0.05, 0) is 26.0 Å². The molecule has 0 fully saturated rings. The molecule has 0 aliphatic carbocycles. The Bertz CT molecular complexity index is 781. The summed E-state index contributed by atoms with van der Waals surface area (Å²) < 4.78 is 14.9. The first-order chi connectivity index (χ1) is 12.7. The monoisotopic (exact) mass is 379 g/mol. The zero-order valence-corrected chi connectivity index (χ0v) is 14.5. The van der Waals surface area contributed by atoms with Gasteiger partial charge in [-0.2, -0.15) is 0 Å². The van der Waals surface area contributed by atoms with Gasteiger partial charge in [0, 0.05) is 11.4 Å². The molecule has 10 heteroatoms. The fourth-order valence-electron chi connectivity index (χ4n) is 2.69. The van der Waals surface area contributed by atoms with Crippen LogP contribution in [0.2, 0.25) is 0 Å². The molecule has 3 N–H and O–H groups in total. The summed E-state index contributed by atoms with van der Waals surface area (Å²) in [6, 6.07) is 3.06. The van der Waals surface area contributed by atoms with E-state index >= 15 is 0 Å². The summed E-state index contributed by atoms with van der Waals surface area (Å²) in [6.45, 7) is 1.39. The van der Waals surface area contributed by atoms with E-state index in [2.05, 4.69) is 5.32 Å². The lowest BCUT2D eigenvalue weighted by atomic mass is 9.83. The minimum absolute atomic E-state index is 0.0425. The van der Waals surface area contributed by atoms with Gasteiger partial charge in [-0.25, -0.2) is 19.2 Å². The van der Waals surface area contributed by atoms with Crippen molar-refractivity contribution in [3.63, 3.8) is 0 Å². The summed E-state index contributed by atoms with van der Waals surface area (Å²) in [5.74, 6) is -5.44. The molecule has 1 aromatic heterocycles. The molecule has 2 rings (SSSR count). The number of furan rings is 1. The van der Waals surface area contributed by atoms with E-state index < -0.39 is 43.0 Å². The summed E-state index contributed by atoms with van der Waals surface area (Å²) in [6.07, 6.45) is 1.34. The molecule has 27 heavy (non-hydrogen) atoms. The maximum atomic E-state index is 12.5. The topological polar surface area (TPSA) is 152 Å².